The summed E-state index contributed by atoms with van der Waals surface area (Å²) in [4.78, 5) is 20.6. The van der Waals surface area contributed by atoms with E-state index >= 15 is 0 Å². The van der Waals surface area contributed by atoms with Crippen LogP contribution in [0.5, 0.6) is 0 Å². The molecule has 1 aliphatic rings. The van der Waals surface area contributed by atoms with E-state index in [1.807, 2.05) is 26.0 Å². The maximum absolute atomic E-state index is 12.5. The topological polar surface area (TPSA) is 84.6 Å². The highest BCUT2D eigenvalue weighted by Gasteiger charge is 2.35. The molecule has 7 heteroatoms. The highest BCUT2D eigenvalue weighted by Crippen LogP contribution is 2.40. The molecule has 7 nitrogen and oxygen atoms in total. The maximum atomic E-state index is 12.5. The van der Waals surface area contributed by atoms with E-state index in [9.17, 15) is 10.1 Å². The van der Waals surface area contributed by atoms with Crippen LogP contribution in [-0.2, 0) is 4.74 Å². The van der Waals surface area contributed by atoms with E-state index in [2.05, 4.69) is 21.0 Å². The number of carbonyl (C=O) groups excluding carboxylic acids is 1. The van der Waals surface area contributed by atoms with Crippen LogP contribution in [0.2, 0.25) is 0 Å². The van der Waals surface area contributed by atoms with Gasteiger partial charge in [0.05, 0.1) is 29.8 Å². The monoisotopic (exact) mass is 389 g/mol. The number of rotatable bonds is 1. The zero-order valence-corrected chi connectivity index (χ0v) is 17.4. The van der Waals surface area contributed by atoms with Gasteiger partial charge >= 0.3 is 6.09 Å². The average molecular weight is 389 g/mol. The van der Waals surface area contributed by atoms with Gasteiger partial charge in [-0.1, -0.05) is 6.07 Å². The normalized spacial score (nSPS) is 19.5. The third-order valence-electron chi connectivity index (χ3n) is 4.87. The highest BCUT2D eigenvalue weighted by atomic mass is 16.6. The lowest BCUT2D eigenvalue weighted by Gasteiger charge is -2.26. The molecule has 2 aromatic rings. The van der Waals surface area contributed by atoms with E-state index < -0.39 is 23.5 Å². The minimum Gasteiger partial charge on any atom is -0.442 e. The number of fused-ring (bicyclic) bond motifs is 1. The summed E-state index contributed by atoms with van der Waals surface area (Å²) in [5, 5.41) is 14.8. The standard InChI is InChI=1S/C22H23N5O2/c1-12-17(11-23)19(20(24-7)14(3)25-12)15-8-9-18-16(10-15)13(2)26-27(18)21(28)29-22(4,5)6/h8-10,17,19H,1-6H3. The van der Waals surface area contributed by atoms with Gasteiger partial charge in [-0.05, 0) is 59.2 Å². The van der Waals surface area contributed by atoms with Gasteiger partial charge in [0.2, 0.25) is 0 Å². The van der Waals surface area contributed by atoms with E-state index in [-0.39, 0.29) is 0 Å². The summed E-state index contributed by atoms with van der Waals surface area (Å²) in [6, 6.07) is 7.84. The van der Waals surface area contributed by atoms with E-state index in [1.165, 1.54) is 4.68 Å². The summed E-state index contributed by atoms with van der Waals surface area (Å²) in [6.07, 6.45) is -0.545. The minimum absolute atomic E-state index is 0.399. The Morgan fingerprint density at radius 2 is 2.00 bits per heavy atom. The van der Waals surface area contributed by atoms with Gasteiger partial charge < -0.3 is 4.74 Å². The molecule has 0 saturated heterocycles. The van der Waals surface area contributed by atoms with Gasteiger partial charge in [0.1, 0.15) is 5.60 Å². The van der Waals surface area contributed by atoms with Crippen LogP contribution in [0.25, 0.3) is 15.7 Å². The number of hydrogen-bond donors (Lipinski definition) is 0. The molecule has 0 saturated carbocycles. The second-order valence-corrected chi connectivity index (χ2v) is 8.17. The number of hydrogen-bond acceptors (Lipinski definition) is 5. The van der Waals surface area contributed by atoms with Crippen molar-refractivity contribution in [3.63, 3.8) is 0 Å². The molecule has 0 radical (unpaired) electrons. The van der Waals surface area contributed by atoms with E-state index in [1.54, 1.807) is 33.8 Å². The second-order valence-electron chi connectivity index (χ2n) is 8.17. The lowest BCUT2D eigenvalue weighted by atomic mass is 9.79. The molecule has 0 N–H and O–H groups in total. The van der Waals surface area contributed by atoms with Crippen LogP contribution < -0.4 is 0 Å². The van der Waals surface area contributed by atoms with Crippen LogP contribution in [0.1, 0.15) is 51.8 Å². The number of ether oxygens (including phenoxy) is 1. The lowest BCUT2D eigenvalue weighted by molar-refractivity contribution is 0.0522. The zero-order valence-electron chi connectivity index (χ0n) is 17.4. The summed E-state index contributed by atoms with van der Waals surface area (Å²) >= 11 is 0. The summed E-state index contributed by atoms with van der Waals surface area (Å²) < 4.78 is 6.70. The first kappa shape index (κ1) is 20.3. The zero-order chi connectivity index (χ0) is 21.5. The molecule has 0 aliphatic carbocycles. The van der Waals surface area contributed by atoms with Gasteiger partial charge in [0, 0.05) is 22.7 Å². The fraction of sp³-hybridized carbons (Fsp3) is 0.409. The number of aromatic nitrogens is 2. The van der Waals surface area contributed by atoms with Crippen molar-refractivity contribution in [2.24, 2.45) is 10.9 Å². The van der Waals surface area contributed by atoms with Gasteiger partial charge in [-0.3, -0.25) is 4.99 Å². The molecule has 0 spiro atoms. The molecule has 1 aromatic carbocycles. The van der Waals surface area contributed by atoms with Crippen molar-refractivity contribution in [1.82, 2.24) is 9.78 Å². The number of aliphatic imine (C=N–C) groups is 1. The fourth-order valence-electron chi connectivity index (χ4n) is 3.61. The third kappa shape index (κ3) is 3.64. The Morgan fingerprint density at radius 3 is 2.59 bits per heavy atom. The van der Waals surface area contributed by atoms with Crippen LogP contribution in [0.4, 0.5) is 4.79 Å². The van der Waals surface area contributed by atoms with Gasteiger partial charge in [0.25, 0.3) is 0 Å². The Kier molecular flexibility index (Phi) is 5.02. The van der Waals surface area contributed by atoms with Crippen molar-refractivity contribution in [1.29, 1.82) is 5.26 Å². The Labute approximate surface area is 170 Å². The Morgan fingerprint density at radius 1 is 1.31 bits per heavy atom. The molecule has 1 aliphatic heterocycles. The van der Waals surface area contributed by atoms with Crippen molar-refractivity contribution >= 4 is 22.7 Å². The molecular formula is C22H23N5O2. The molecule has 29 heavy (non-hydrogen) atoms. The third-order valence-corrected chi connectivity index (χ3v) is 4.87. The smallest absolute Gasteiger partial charge is 0.435 e. The van der Waals surface area contributed by atoms with Crippen LogP contribution in [0.15, 0.2) is 34.6 Å². The predicted molar refractivity (Wildman–Crippen MR) is 110 cm³/mol. The van der Waals surface area contributed by atoms with E-state index in [0.29, 0.717) is 28.3 Å². The summed E-state index contributed by atoms with van der Waals surface area (Å²) in [5.41, 5.74) is 3.30. The van der Waals surface area contributed by atoms with E-state index in [0.717, 1.165) is 10.9 Å². The van der Waals surface area contributed by atoms with Gasteiger partial charge in [-0.15, -0.1) is 0 Å². The molecule has 148 valence electrons. The van der Waals surface area contributed by atoms with Crippen molar-refractivity contribution in [3.8, 4) is 6.07 Å². The molecule has 1 aromatic heterocycles. The Balaban J connectivity index is 2.13. The number of nitriles is 1. The van der Waals surface area contributed by atoms with Crippen molar-refractivity contribution in [2.45, 2.75) is 53.1 Å². The minimum atomic E-state index is -0.630. The van der Waals surface area contributed by atoms with Crippen molar-refractivity contribution < 1.29 is 9.53 Å². The number of carbonyl (C=O) groups is 1. The van der Waals surface area contributed by atoms with Crippen LogP contribution >= 0.6 is 0 Å². The van der Waals surface area contributed by atoms with Gasteiger partial charge in [0.15, 0.2) is 5.70 Å². The average Bonchev–Trinajstić information content (AvgIpc) is 2.96. The van der Waals surface area contributed by atoms with Crippen molar-refractivity contribution in [3.05, 3.63) is 52.3 Å². The number of benzene rings is 1. The molecule has 2 heterocycles. The SMILES string of the molecule is [C-]#[N+]C1=C(C)N=C(C)C(C#N)C1c1ccc2c(c1)c(C)nn2C(=O)OC(C)(C)C. The van der Waals surface area contributed by atoms with Crippen molar-refractivity contribution in [2.75, 3.05) is 0 Å². The summed E-state index contributed by atoms with van der Waals surface area (Å²) in [5.74, 6) is -0.912. The first-order valence-corrected chi connectivity index (χ1v) is 9.33. The molecule has 0 fully saturated rings. The largest absolute Gasteiger partial charge is 0.442 e. The first-order chi connectivity index (χ1) is 13.6. The quantitative estimate of drug-likeness (QED) is 0.644. The summed E-state index contributed by atoms with van der Waals surface area (Å²) in [6.45, 7) is 18.4. The molecular weight excluding hydrogens is 366 g/mol. The van der Waals surface area contributed by atoms with E-state index in [4.69, 9.17) is 11.3 Å². The predicted octanol–water partition coefficient (Wildman–Crippen LogP) is 4.98. The second kappa shape index (κ2) is 7.18. The molecule has 3 rings (SSSR count). The molecule has 0 amide bonds. The number of nitrogens with zero attached hydrogens (tertiary/aromatic N) is 5. The first-order valence-electron chi connectivity index (χ1n) is 9.33. The molecule has 0 bridgehead atoms. The summed E-state index contributed by atoms with van der Waals surface area (Å²) in [7, 11) is 0. The lowest BCUT2D eigenvalue weighted by Crippen LogP contribution is -2.27. The molecule has 2 atom stereocenters. The van der Waals surface area contributed by atoms with Crippen LogP contribution in [0, 0.1) is 30.7 Å². The van der Waals surface area contributed by atoms with Gasteiger partial charge in [-0.25, -0.2) is 9.64 Å². The Bertz CT molecular complexity index is 1150. The number of allylic oxidation sites excluding steroid dienone is 2. The van der Waals surface area contributed by atoms with Gasteiger partial charge in [-0.2, -0.15) is 15.0 Å². The Hall–Kier alpha value is -3.45. The van der Waals surface area contributed by atoms with Crippen LogP contribution in [0.3, 0.4) is 0 Å². The van der Waals surface area contributed by atoms with Crippen LogP contribution in [-0.4, -0.2) is 27.2 Å². The maximum Gasteiger partial charge on any atom is 0.435 e. The fourth-order valence-corrected chi connectivity index (χ4v) is 3.61. The number of aryl methyl sites for hydroxylation is 1. The highest BCUT2D eigenvalue weighted by molar-refractivity contribution is 5.92. The molecule has 2 unspecified atom stereocenters.